The molecule has 6 aromatic carbocycles. The molecule has 0 aliphatic carbocycles. The van der Waals surface area contributed by atoms with Crippen molar-refractivity contribution in [1.82, 2.24) is 14.5 Å². The Bertz CT molecular complexity index is 2940. The molecule has 8 aromatic rings. The summed E-state index contributed by atoms with van der Waals surface area (Å²) in [4.78, 5) is 10.3. The minimum absolute atomic E-state index is 0. The molecule has 0 saturated heterocycles. The Labute approximate surface area is 379 Å². The molecule has 0 aliphatic heterocycles. The standard InChI is InChI=1S/C56H56N3O.Pt/c1-35(2)37-18-20-38(21-19-37)41-28-29-57-49(34-41)43-30-42(31-45(32-43)56(8,9)10)46-15-13-16-51-53(46)58-54(47-14-11-12-17-52(47)60)59(51)50-27-24-40(36(3)4)33-48(50)39-22-25-44(26-23-39)55(5,6)7;/h11-29,31-36,60H,1-10H3;/q-1;/i35D,36D;. The van der Waals surface area contributed by atoms with Crippen LogP contribution in [0, 0.1) is 6.07 Å². The van der Waals surface area contributed by atoms with E-state index in [-0.39, 0.29) is 37.6 Å². The SMILES string of the molecule is [2H]C(C)(C)c1ccc(-c2ccnc(-c3[c-]c(-c4cccc5c4nc(-c4ccccc4O)n5-c4ccc(C([2H])(C)C)cc4-c4ccc(C(C)(C)C)cc4)cc(C(C)(C)C)c3)c2)cc1.[Pt]. The van der Waals surface area contributed by atoms with Gasteiger partial charge in [0.05, 0.1) is 22.3 Å². The van der Waals surface area contributed by atoms with Gasteiger partial charge in [-0.15, -0.1) is 29.3 Å². The summed E-state index contributed by atoms with van der Waals surface area (Å²) in [6.07, 6.45) is 1.85. The van der Waals surface area contributed by atoms with Crippen molar-refractivity contribution in [2.24, 2.45) is 0 Å². The molecule has 0 atom stereocenters. The number of rotatable bonds is 8. The molecule has 5 heteroatoms. The number of hydrogen-bond acceptors (Lipinski definition) is 3. The van der Waals surface area contributed by atoms with Gasteiger partial charge in [-0.3, -0.25) is 9.55 Å². The number of benzene rings is 6. The molecule has 2 heterocycles. The van der Waals surface area contributed by atoms with Crippen molar-refractivity contribution in [1.29, 1.82) is 0 Å². The number of hydrogen-bond donors (Lipinski definition) is 1. The molecule has 4 nitrogen and oxygen atoms in total. The number of pyridine rings is 1. The number of fused-ring (bicyclic) bond motifs is 1. The maximum absolute atomic E-state index is 11.4. The fourth-order valence-electron chi connectivity index (χ4n) is 7.87. The van der Waals surface area contributed by atoms with Crippen LogP contribution in [0.4, 0.5) is 0 Å². The first kappa shape index (κ1) is 40.8. The summed E-state index contributed by atoms with van der Waals surface area (Å²) in [5.74, 6) is -0.754. The Kier molecular flexibility index (Phi) is 11.4. The second-order valence-electron chi connectivity index (χ2n) is 18.5. The average molecular weight is 984 g/mol. The van der Waals surface area contributed by atoms with Gasteiger partial charge in [-0.1, -0.05) is 165 Å². The van der Waals surface area contributed by atoms with E-state index in [9.17, 15) is 5.11 Å². The van der Waals surface area contributed by atoms with Gasteiger partial charge in [-0.25, -0.2) is 4.98 Å². The van der Waals surface area contributed by atoms with Crippen molar-refractivity contribution in [3.63, 3.8) is 0 Å². The van der Waals surface area contributed by atoms with E-state index < -0.39 is 11.8 Å². The average Bonchev–Trinajstić information content (AvgIpc) is 3.62. The van der Waals surface area contributed by atoms with Gasteiger partial charge in [0.15, 0.2) is 0 Å². The molecule has 0 amide bonds. The second kappa shape index (κ2) is 17.1. The van der Waals surface area contributed by atoms with E-state index >= 15 is 0 Å². The largest absolute Gasteiger partial charge is 0.507 e. The van der Waals surface area contributed by atoms with Crippen molar-refractivity contribution in [2.75, 3.05) is 0 Å². The summed E-state index contributed by atoms with van der Waals surface area (Å²) in [5, 5.41) is 11.4. The normalized spacial score (nSPS) is 12.8. The summed E-state index contributed by atoms with van der Waals surface area (Å²) in [6, 6.07) is 49.2. The molecule has 0 spiro atoms. The van der Waals surface area contributed by atoms with Crippen molar-refractivity contribution in [2.45, 2.75) is 91.9 Å². The van der Waals surface area contributed by atoms with Crippen LogP contribution in [0.25, 0.3) is 72.7 Å². The van der Waals surface area contributed by atoms with Crippen LogP contribution in [0.5, 0.6) is 5.75 Å². The minimum atomic E-state index is -0.826. The van der Waals surface area contributed by atoms with Gasteiger partial charge in [0.25, 0.3) is 0 Å². The van der Waals surface area contributed by atoms with Crippen molar-refractivity contribution in [3.8, 4) is 67.5 Å². The Hall–Kier alpha value is -5.57. The van der Waals surface area contributed by atoms with Crippen LogP contribution >= 0.6 is 0 Å². The van der Waals surface area contributed by atoms with Crippen LogP contribution in [0.2, 0.25) is 0 Å². The zero-order valence-electron chi connectivity index (χ0n) is 38.9. The van der Waals surface area contributed by atoms with E-state index in [0.29, 0.717) is 11.4 Å². The smallest absolute Gasteiger partial charge is 0.148 e. The Morgan fingerprint density at radius 3 is 1.87 bits per heavy atom. The number of phenols is 1. The van der Waals surface area contributed by atoms with Gasteiger partial charge in [0.2, 0.25) is 0 Å². The fourth-order valence-corrected chi connectivity index (χ4v) is 7.87. The van der Waals surface area contributed by atoms with Gasteiger partial charge in [-0.05, 0) is 92.4 Å². The Morgan fingerprint density at radius 1 is 0.590 bits per heavy atom. The third-order valence-electron chi connectivity index (χ3n) is 11.6. The topological polar surface area (TPSA) is 50.9 Å². The van der Waals surface area contributed by atoms with E-state index in [1.807, 2.05) is 76.4 Å². The molecule has 0 unspecified atom stereocenters. The van der Waals surface area contributed by atoms with Crippen LogP contribution in [0.3, 0.4) is 0 Å². The fraction of sp³-hybridized carbons (Fsp3) is 0.250. The van der Waals surface area contributed by atoms with Gasteiger partial charge in [0.1, 0.15) is 11.6 Å². The number of aromatic nitrogens is 3. The zero-order chi connectivity index (χ0) is 44.4. The maximum atomic E-state index is 11.4. The molecule has 0 saturated carbocycles. The van der Waals surface area contributed by atoms with Gasteiger partial charge in [0, 0.05) is 41.3 Å². The molecule has 312 valence electrons. The number of imidazole rings is 1. The molecular weight excluding hydrogens is 926 g/mol. The van der Waals surface area contributed by atoms with Crippen LogP contribution < -0.4 is 0 Å². The number of nitrogens with zero attached hydrogens (tertiary/aromatic N) is 3. The quantitative estimate of drug-likeness (QED) is 0.154. The van der Waals surface area contributed by atoms with Crippen molar-refractivity contribution in [3.05, 3.63) is 168 Å². The molecule has 0 aliphatic rings. The molecular formula is C56H56N3OPt-. The van der Waals surface area contributed by atoms with Crippen LogP contribution in [-0.2, 0) is 31.9 Å². The first-order valence-electron chi connectivity index (χ1n) is 21.9. The molecule has 1 N–H and O–H groups in total. The van der Waals surface area contributed by atoms with Crippen molar-refractivity contribution < 1.29 is 28.9 Å². The summed E-state index contributed by atoms with van der Waals surface area (Å²) in [7, 11) is 0. The first-order chi connectivity index (χ1) is 29.2. The predicted molar refractivity (Wildman–Crippen MR) is 252 cm³/mol. The van der Waals surface area contributed by atoms with Gasteiger partial charge < -0.3 is 5.11 Å². The predicted octanol–water partition coefficient (Wildman–Crippen LogP) is 15.1. The third kappa shape index (κ3) is 8.79. The Balaban J connectivity index is 0.00000595. The van der Waals surface area contributed by atoms with E-state index in [2.05, 4.69) is 137 Å². The number of para-hydroxylation sites is 2. The van der Waals surface area contributed by atoms with Gasteiger partial charge in [-0.2, -0.15) is 0 Å². The zero-order valence-corrected chi connectivity index (χ0v) is 39.2. The first-order valence-corrected chi connectivity index (χ1v) is 20.9. The molecule has 0 radical (unpaired) electrons. The number of aromatic hydroxyl groups is 1. The summed E-state index contributed by atoms with van der Waals surface area (Å²) < 4.78 is 19.6. The summed E-state index contributed by atoms with van der Waals surface area (Å²) in [5.41, 5.74) is 14.8. The van der Waals surface area contributed by atoms with E-state index in [4.69, 9.17) is 12.7 Å². The van der Waals surface area contributed by atoms with Crippen molar-refractivity contribution >= 4 is 11.0 Å². The van der Waals surface area contributed by atoms with Crippen LogP contribution in [0.1, 0.15) is 106 Å². The molecule has 8 rings (SSSR count). The third-order valence-corrected chi connectivity index (χ3v) is 11.6. The van der Waals surface area contributed by atoms with Gasteiger partial charge >= 0.3 is 0 Å². The van der Waals surface area contributed by atoms with Crippen LogP contribution in [0.15, 0.2) is 140 Å². The molecule has 0 bridgehead atoms. The van der Waals surface area contributed by atoms with E-state index in [0.717, 1.165) is 78.0 Å². The summed E-state index contributed by atoms with van der Waals surface area (Å²) >= 11 is 0. The van der Waals surface area contributed by atoms with E-state index in [1.165, 1.54) is 5.56 Å². The Morgan fingerprint density at radius 2 is 1.21 bits per heavy atom. The minimum Gasteiger partial charge on any atom is -0.507 e. The van der Waals surface area contributed by atoms with Crippen LogP contribution in [-0.4, -0.2) is 19.6 Å². The monoisotopic (exact) mass is 983 g/mol. The molecule has 61 heavy (non-hydrogen) atoms. The number of phenolic OH excluding ortho intramolecular Hbond substituents is 1. The van der Waals surface area contributed by atoms with E-state index in [1.54, 1.807) is 6.07 Å². The summed E-state index contributed by atoms with van der Waals surface area (Å²) in [6.45, 7) is 21.0. The maximum Gasteiger partial charge on any atom is 0.148 e. The molecule has 0 fully saturated rings. The second-order valence-corrected chi connectivity index (χ2v) is 18.5. The molecule has 2 aromatic heterocycles.